The Morgan fingerprint density at radius 1 is 0.941 bits per heavy atom. The van der Waals surface area contributed by atoms with Crippen LogP contribution in [-0.4, -0.2) is 47.6 Å². The molecule has 0 aliphatic carbocycles. The van der Waals surface area contributed by atoms with E-state index in [0.717, 1.165) is 12.0 Å². The first kappa shape index (κ1) is 13.4. The van der Waals surface area contributed by atoms with Crippen LogP contribution in [0.2, 0.25) is 0 Å². The normalized spacial score (nSPS) is 27.5. The second kappa shape index (κ2) is 5.27. The van der Waals surface area contributed by atoms with Crippen LogP contribution in [0.3, 0.4) is 0 Å². The van der Waals surface area contributed by atoms with E-state index in [-0.39, 0.29) is 0 Å². The lowest BCUT2D eigenvalue weighted by molar-refractivity contribution is 0.0582. The van der Waals surface area contributed by atoms with E-state index < -0.39 is 0 Å². The summed E-state index contributed by atoms with van der Waals surface area (Å²) in [7, 11) is 0. The van der Waals surface area contributed by atoms with Gasteiger partial charge in [0.2, 0.25) is 0 Å². The van der Waals surface area contributed by atoms with Crippen molar-refractivity contribution in [3.8, 4) is 0 Å². The summed E-state index contributed by atoms with van der Waals surface area (Å²) in [4.78, 5) is 5.37. The van der Waals surface area contributed by atoms with Gasteiger partial charge in [0, 0.05) is 11.6 Å². The van der Waals surface area contributed by atoms with Crippen LogP contribution in [0.5, 0.6) is 0 Å². The van der Waals surface area contributed by atoms with E-state index in [0.29, 0.717) is 5.54 Å². The molecule has 2 saturated heterocycles. The van der Waals surface area contributed by atoms with Crippen molar-refractivity contribution in [3.63, 3.8) is 0 Å². The van der Waals surface area contributed by atoms with Crippen LogP contribution < -0.4 is 0 Å². The van der Waals surface area contributed by atoms with Crippen LogP contribution in [0.4, 0.5) is 0 Å². The molecule has 0 N–H and O–H groups in total. The molecule has 100 valence electrons. The molecule has 2 nitrogen and oxygen atoms in total. The molecule has 0 aromatic rings. The molecule has 0 saturated carbocycles. The van der Waals surface area contributed by atoms with Crippen molar-refractivity contribution >= 4 is 0 Å². The topological polar surface area (TPSA) is 6.48 Å². The highest BCUT2D eigenvalue weighted by Crippen LogP contribution is 2.29. The SMILES string of the molecule is CC(C1CCN(C(C)(C)C)CC1)N1CCCC1. The number of hydrogen-bond acceptors (Lipinski definition) is 2. The average molecular weight is 238 g/mol. The maximum Gasteiger partial charge on any atom is 0.0125 e. The highest BCUT2D eigenvalue weighted by atomic mass is 15.2. The van der Waals surface area contributed by atoms with Crippen molar-refractivity contribution in [3.05, 3.63) is 0 Å². The van der Waals surface area contributed by atoms with Gasteiger partial charge in [-0.1, -0.05) is 0 Å². The van der Waals surface area contributed by atoms with E-state index in [9.17, 15) is 0 Å². The Morgan fingerprint density at radius 3 is 1.94 bits per heavy atom. The first-order chi connectivity index (χ1) is 7.98. The first-order valence-electron chi connectivity index (χ1n) is 7.47. The maximum absolute atomic E-state index is 2.72. The Balaban J connectivity index is 1.82. The van der Waals surface area contributed by atoms with E-state index in [2.05, 4.69) is 37.5 Å². The minimum Gasteiger partial charge on any atom is -0.300 e. The lowest BCUT2D eigenvalue weighted by atomic mass is 9.87. The third-order valence-corrected chi connectivity index (χ3v) is 4.89. The summed E-state index contributed by atoms with van der Waals surface area (Å²) in [6, 6.07) is 0.819. The largest absolute Gasteiger partial charge is 0.300 e. The minimum absolute atomic E-state index is 0.363. The van der Waals surface area contributed by atoms with Gasteiger partial charge in [0.05, 0.1) is 0 Å². The van der Waals surface area contributed by atoms with Gasteiger partial charge in [-0.15, -0.1) is 0 Å². The molecule has 2 rings (SSSR count). The van der Waals surface area contributed by atoms with Gasteiger partial charge < -0.3 is 4.90 Å². The molecule has 1 unspecified atom stereocenters. The van der Waals surface area contributed by atoms with Crippen LogP contribution >= 0.6 is 0 Å². The average Bonchev–Trinajstić information content (AvgIpc) is 2.80. The fourth-order valence-electron chi connectivity index (χ4n) is 3.50. The fraction of sp³-hybridized carbons (Fsp3) is 1.00. The van der Waals surface area contributed by atoms with Gasteiger partial charge in [0.1, 0.15) is 0 Å². The molecule has 2 aliphatic heterocycles. The van der Waals surface area contributed by atoms with Gasteiger partial charge in [-0.25, -0.2) is 0 Å². The molecule has 0 radical (unpaired) electrons. The Kier molecular flexibility index (Phi) is 4.14. The first-order valence-corrected chi connectivity index (χ1v) is 7.47. The molecule has 1 atom stereocenters. The zero-order valence-corrected chi connectivity index (χ0v) is 12.2. The summed E-state index contributed by atoms with van der Waals surface area (Å²) in [6.07, 6.45) is 5.64. The summed E-state index contributed by atoms with van der Waals surface area (Å²) in [5, 5.41) is 0. The Bertz CT molecular complexity index is 230. The summed E-state index contributed by atoms with van der Waals surface area (Å²) >= 11 is 0. The molecular formula is C15H30N2. The van der Waals surface area contributed by atoms with E-state index in [1.165, 1.54) is 51.9 Å². The van der Waals surface area contributed by atoms with Crippen molar-refractivity contribution < 1.29 is 0 Å². The summed E-state index contributed by atoms with van der Waals surface area (Å²) < 4.78 is 0. The molecule has 2 fully saturated rings. The molecule has 17 heavy (non-hydrogen) atoms. The predicted octanol–water partition coefficient (Wildman–Crippen LogP) is 2.98. The van der Waals surface area contributed by atoms with Crippen molar-refractivity contribution in [2.75, 3.05) is 26.2 Å². The van der Waals surface area contributed by atoms with Gasteiger partial charge in [-0.3, -0.25) is 4.90 Å². The smallest absolute Gasteiger partial charge is 0.0125 e. The highest BCUT2D eigenvalue weighted by molar-refractivity contribution is 4.87. The van der Waals surface area contributed by atoms with Gasteiger partial charge in [-0.05, 0) is 85.5 Å². The van der Waals surface area contributed by atoms with Gasteiger partial charge in [0.25, 0.3) is 0 Å². The standard InChI is InChI=1S/C15H30N2/c1-13(16-9-5-6-10-16)14-7-11-17(12-8-14)15(2,3)4/h13-14H,5-12H2,1-4H3. The van der Waals surface area contributed by atoms with Crippen molar-refractivity contribution in [1.82, 2.24) is 9.80 Å². The van der Waals surface area contributed by atoms with E-state index in [1.54, 1.807) is 0 Å². The van der Waals surface area contributed by atoms with Crippen molar-refractivity contribution in [2.24, 2.45) is 5.92 Å². The fourth-order valence-corrected chi connectivity index (χ4v) is 3.50. The monoisotopic (exact) mass is 238 g/mol. The predicted molar refractivity (Wildman–Crippen MR) is 74.3 cm³/mol. The van der Waals surface area contributed by atoms with Crippen LogP contribution in [0.1, 0.15) is 53.4 Å². The van der Waals surface area contributed by atoms with E-state index >= 15 is 0 Å². The molecule has 2 aliphatic rings. The Hall–Kier alpha value is -0.0800. The molecule has 0 amide bonds. The lowest BCUT2D eigenvalue weighted by Gasteiger charge is -2.43. The molecule has 0 bridgehead atoms. The quantitative estimate of drug-likeness (QED) is 0.730. The van der Waals surface area contributed by atoms with Crippen LogP contribution in [0.25, 0.3) is 0 Å². The third kappa shape index (κ3) is 3.23. The van der Waals surface area contributed by atoms with E-state index in [1.807, 2.05) is 0 Å². The zero-order valence-electron chi connectivity index (χ0n) is 12.2. The second-order valence-corrected chi connectivity index (χ2v) is 6.98. The Morgan fingerprint density at radius 2 is 1.47 bits per heavy atom. The van der Waals surface area contributed by atoms with Gasteiger partial charge in [0.15, 0.2) is 0 Å². The number of likely N-dealkylation sites (tertiary alicyclic amines) is 2. The third-order valence-electron chi connectivity index (χ3n) is 4.89. The molecule has 2 heterocycles. The molecule has 0 spiro atoms. The highest BCUT2D eigenvalue weighted by Gasteiger charge is 2.31. The zero-order chi connectivity index (χ0) is 12.5. The number of hydrogen-bond donors (Lipinski definition) is 0. The molecule has 2 heteroatoms. The van der Waals surface area contributed by atoms with E-state index in [4.69, 9.17) is 0 Å². The van der Waals surface area contributed by atoms with Crippen molar-refractivity contribution in [2.45, 2.75) is 65.0 Å². The Labute approximate surface area is 107 Å². The van der Waals surface area contributed by atoms with Crippen LogP contribution in [0.15, 0.2) is 0 Å². The number of piperidine rings is 1. The molecule has 0 aromatic carbocycles. The number of nitrogens with zero attached hydrogens (tertiary/aromatic N) is 2. The molecular weight excluding hydrogens is 208 g/mol. The van der Waals surface area contributed by atoms with Gasteiger partial charge in [-0.2, -0.15) is 0 Å². The van der Waals surface area contributed by atoms with Crippen molar-refractivity contribution in [1.29, 1.82) is 0 Å². The molecule has 0 aromatic heterocycles. The van der Waals surface area contributed by atoms with Crippen LogP contribution in [0, 0.1) is 5.92 Å². The summed E-state index contributed by atoms with van der Waals surface area (Å²) in [5.41, 5.74) is 0.363. The summed E-state index contributed by atoms with van der Waals surface area (Å²) in [6.45, 7) is 14.8. The second-order valence-electron chi connectivity index (χ2n) is 6.98. The lowest BCUT2D eigenvalue weighted by Crippen LogP contribution is -2.49. The van der Waals surface area contributed by atoms with Crippen LogP contribution in [-0.2, 0) is 0 Å². The summed E-state index contributed by atoms with van der Waals surface area (Å²) in [5.74, 6) is 0.937. The van der Waals surface area contributed by atoms with Gasteiger partial charge >= 0.3 is 0 Å². The maximum atomic E-state index is 2.72. The number of rotatable bonds is 2. The minimum atomic E-state index is 0.363.